The molecule has 2 aromatic rings. The molecule has 0 spiro atoms. The van der Waals surface area contributed by atoms with E-state index in [2.05, 4.69) is 6.92 Å². The zero-order chi connectivity index (χ0) is 14.8. The molecule has 0 fully saturated rings. The van der Waals surface area contributed by atoms with Crippen molar-refractivity contribution in [2.24, 2.45) is 0 Å². The van der Waals surface area contributed by atoms with Gasteiger partial charge in [-0.3, -0.25) is 0 Å². The minimum atomic E-state index is -4.43. The third-order valence-corrected chi connectivity index (χ3v) is 4.14. The number of hydrogen-bond acceptors (Lipinski definition) is 1. The van der Waals surface area contributed by atoms with Crippen molar-refractivity contribution in [2.45, 2.75) is 29.3 Å². The highest BCUT2D eigenvalue weighted by Gasteiger charge is 2.33. The molecular weight excluding hydrogens is 305 g/mol. The van der Waals surface area contributed by atoms with Crippen molar-refractivity contribution < 1.29 is 13.2 Å². The van der Waals surface area contributed by atoms with Crippen LogP contribution in [0, 0.1) is 0 Å². The fourth-order valence-corrected chi connectivity index (χ4v) is 2.80. The number of benzene rings is 2. The molecule has 0 N–H and O–H groups in total. The molecule has 0 saturated heterocycles. The van der Waals surface area contributed by atoms with E-state index >= 15 is 0 Å². The van der Waals surface area contributed by atoms with E-state index in [0.29, 0.717) is 4.90 Å². The summed E-state index contributed by atoms with van der Waals surface area (Å²) in [7, 11) is 0. The second-order valence-electron chi connectivity index (χ2n) is 4.24. The maximum Gasteiger partial charge on any atom is 0.417 e. The molecule has 0 saturated carbocycles. The molecule has 0 nitrogen and oxygen atoms in total. The van der Waals surface area contributed by atoms with Crippen LogP contribution in [0.4, 0.5) is 13.2 Å². The van der Waals surface area contributed by atoms with Gasteiger partial charge in [0.25, 0.3) is 0 Å². The van der Waals surface area contributed by atoms with E-state index in [-0.39, 0.29) is 5.02 Å². The van der Waals surface area contributed by atoms with Gasteiger partial charge in [-0.05, 0) is 42.3 Å². The van der Waals surface area contributed by atoms with Crippen molar-refractivity contribution in [1.29, 1.82) is 0 Å². The standard InChI is InChI=1S/C15H12ClF3S/c1-2-10-3-5-11(6-4-10)20-12-7-8-14(16)13(9-12)15(17,18)19/h3-9H,2H2,1H3. The van der Waals surface area contributed by atoms with Crippen molar-refractivity contribution in [2.75, 3.05) is 0 Å². The molecule has 106 valence electrons. The molecule has 0 atom stereocenters. The molecule has 0 aliphatic carbocycles. The summed E-state index contributed by atoms with van der Waals surface area (Å²) in [6.07, 6.45) is -3.50. The van der Waals surface area contributed by atoms with E-state index in [1.54, 1.807) is 6.07 Å². The molecule has 2 rings (SSSR count). The lowest BCUT2D eigenvalue weighted by molar-refractivity contribution is -0.137. The van der Waals surface area contributed by atoms with Gasteiger partial charge in [0.2, 0.25) is 0 Å². The SMILES string of the molecule is CCc1ccc(Sc2ccc(Cl)c(C(F)(F)F)c2)cc1. The molecule has 0 aliphatic rings. The summed E-state index contributed by atoms with van der Waals surface area (Å²) in [6.45, 7) is 2.05. The minimum absolute atomic E-state index is 0.275. The Labute approximate surface area is 125 Å². The Morgan fingerprint density at radius 3 is 2.15 bits per heavy atom. The number of rotatable bonds is 3. The van der Waals surface area contributed by atoms with Gasteiger partial charge in [-0.15, -0.1) is 0 Å². The first-order valence-electron chi connectivity index (χ1n) is 6.03. The van der Waals surface area contributed by atoms with E-state index in [0.717, 1.165) is 17.4 Å². The van der Waals surface area contributed by atoms with E-state index in [9.17, 15) is 13.2 Å². The highest BCUT2D eigenvalue weighted by molar-refractivity contribution is 7.99. The van der Waals surface area contributed by atoms with Crippen LogP contribution in [0.15, 0.2) is 52.3 Å². The fourth-order valence-electron chi connectivity index (χ4n) is 1.71. The van der Waals surface area contributed by atoms with Gasteiger partial charge in [0.15, 0.2) is 0 Å². The molecular formula is C15H12ClF3S. The van der Waals surface area contributed by atoms with Crippen LogP contribution in [0.5, 0.6) is 0 Å². The molecule has 20 heavy (non-hydrogen) atoms. The monoisotopic (exact) mass is 316 g/mol. The summed E-state index contributed by atoms with van der Waals surface area (Å²) >= 11 is 6.88. The molecule has 0 bridgehead atoms. The molecule has 0 radical (unpaired) electrons. The first-order chi connectivity index (χ1) is 9.40. The summed E-state index contributed by atoms with van der Waals surface area (Å²) in [5.41, 5.74) is 0.399. The summed E-state index contributed by atoms with van der Waals surface area (Å²) in [6, 6.07) is 11.7. The van der Waals surface area contributed by atoms with Crippen LogP contribution in [-0.4, -0.2) is 0 Å². The zero-order valence-electron chi connectivity index (χ0n) is 10.7. The highest BCUT2D eigenvalue weighted by atomic mass is 35.5. The summed E-state index contributed by atoms with van der Waals surface area (Å²) < 4.78 is 38.3. The van der Waals surface area contributed by atoms with E-state index in [1.165, 1.54) is 23.4 Å². The van der Waals surface area contributed by atoms with Crippen LogP contribution in [0.1, 0.15) is 18.1 Å². The molecule has 0 amide bonds. The number of halogens is 4. The highest BCUT2D eigenvalue weighted by Crippen LogP contribution is 2.38. The smallest absolute Gasteiger partial charge is 0.166 e. The lowest BCUT2D eigenvalue weighted by Crippen LogP contribution is -2.05. The lowest BCUT2D eigenvalue weighted by Gasteiger charge is -2.10. The van der Waals surface area contributed by atoms with Gasteiger partial charge in [-0.1, -0.05) is 42.4 Å². The first kappa shape index (κ1) is 15.3. The molecule has 0 heterocycles. The van der Waals surface area contributed by atoms with Gasteiger partial charge in [-0.25, -0.2) is 0 Å². The fraction of sp³-hybridized carbons (Fsp3) is 0.200. The molecule has 0 aliphatic heterocycles. The van der Waals surface area contributed by atoms with E-state index in [1.807, 2.05) is 24.3 Å². The Morgan fingerprint density at radius 1 is 1.00 bits per heavy atom. The summed E-state index contributed by atoms with van der Waals surface area (Å²) in [5.74, 6) is 0. The number of hydrogen-bond donors (Lipinski definition) is 0. The Hall–Kier alpha value is -1.13. The summed E-state index contributed by atoms with van der Waals surface area (Å²) in [4.78, 5) is 1.42. The van der Waals surface area contributed by atoms with Crippen molar-refractivity contribution >= 4 is 23.4 Å². The number of alkyl halides is 3. The Morgan fingerprint density at radius 2 is 1.60 bits per heavy atom. The van der Waals surface area contributed by atoms with Gasteiger partial charge in [0.1, 0.15) is 0 Å². The maximum atomic E-state index is 12.8. The molecule has 0 aromatic heterocycles. The van der Waals surface area contributed by atoms with E-state index in [4.69, 9.17) is 11.6 Å². The predicted molar refractivity (Wildman–Crippen MR) is 76.4 cm³/mol. The summed E-state index contributed by atoms with van der Waals surface area (Å²) in [5, 5.41) is -0.275. The Bertz CT molecular complexity index is 591. The lowest BCUT2D eigenvalue weighted by atomic mass is 10.2. The quantitative estimate of drug-likeness (QED) is 0.662. The normalized spacial score (nSPS) is 11.7. The minimum Gasteiger partial charge on any atom is -0.166 e. The van der Waals surface area contributed by atoms with Crippen LogP contribution in [0.3, 0.4) is 0 Å². The van der Waals surface area contributed by atoms with Crippen LogP contribution in [0.25, 0.3) is 0 Å². The second-order valence-corrected chi connectivity index (χ2v) is 5.79. The zero-order valence-corrected chi connectivity index (χ0v) is 12.2. The average molecular weight is 317 g/mol. The van der Waals surface area contributed by atoms with Crippen LogP contribution in [0.2, 0.25) is 5.02 Å². The van der Waals surface area contributed by atoms with Crippen LogP contribution < -0.4 is 0 Å². The first-order valence-corrected chi connectivity index (χ1v) is 7.23. The third kappa shape index (κ3) is 3.70. The van der Waals surface area contributed by atoms with Gasteiger partial charge in [0, 0.05) is 9.79 Å². The van der Waals surface area contributed by atoms with Gasteiger partial charge >= 0.3 is 6.18 Å². The largest absolute Gasteiger partial charge is 0.417 e. The Kier molecular flexibility index (Phi) is 4.66. The van der Waals surface area contributed by atoms with Crippen LogP contribution in [-0.2, 0) is 12.6 Å². The van der Waals surface area contributed by atoms with Gasteiger partial charge in [-0.2, -0.15) is 13.2 Å². The van der Waals surface area contributed by atoms with Crippen LogP contribution >= 0.6 is 23.4 Å². The van der Waals surface area contributed by atoms with Crippen molar-refractivity contribution in [3.63, 3.8) is 0 Å². The maximum absolute atomic E-state index is 12.8. The van der Waals surface area contributed by atoms with Crippen molar-refractivity contribution in [3.05, 3.63) is 58.6 Å². The molecule has 5 heteroatoms. The van der Waals surface area contributed by atoms with E-state index < -0.39 is 11.7 Å². The van der Waals surface area contributed by atoms with Gasteiger partial charge < -0.3 is 0 Å². The third-order valence-electron chi connectivity index (χ3n) is 2.81. The second kappa shape index (κ2) is 6.10. The average Bonchev–Trinajstić information content (AvgIpc) is 2.40. The van der Waals surface area contributed by atoms with Crippen molar-refractivity contribution in [1.82, 2.24) is 0 Å². The predicted octanol–water partition coefficient (Wildman–Crippen LogP) is 6.07. The van der Waals surface area contributed by atoms with Crippen molar-refractivity contribution in [3.8, 4) is 0 Å². The molecule has 0 unspecified atom stereocenters. The topological polar surface area (TPSA) is 0 Å². The number of aryl methyl sites for hydroxylation is 1. The molecule has 2 aromatic carbocycles. The Balaban J connectivity index is 2.25. The van der Waals surface area contributed by atoms with Gasteiger partial charge in [0.05, 0.1) is 10.6 Å².